The number of pyridine rings is 1. The summed E-state index contributed by atoms with van der Waals surface area (Å²) in [4.78, 5) is 5.33. The molecule has 11 rings (SSSR count). The molecule has 0 fully saturated rings. The van der Waals surface area contributed by atoms with Gasteiger partial charge in [0.2, 0.25) is 0 Å². The van der Waals surface area contributed by atoms with Crippen LogP contribution in [-0.4, -0.2) is 9.55 Å². The van der Waals surface area contributed by atoms with E-state index < -0.39 is 0 Å². The van der Waals surface area contributed by atoms with Gasteiger partial charge in [-0.2, -0.15) is 0 Å². The van der Waals surface area contributed by atoms with Crippen molar-refractivity contribution in [2.75, 3.05) is 0 Å². The zero-order chi connectivity index (χ0) is 31.3. The molecule has 0 saturated carbocycles. The van der Waals surface area contributed by atoms with E-state index in [1.807, 2.05) is 12.1 Å². The van der Waals surface area contributed by atoms with Gasteiger partial charge in [-0.1, -0.05) is 97.1 Å². The molecule has 3 nitrogen and oxygen atoms in total. The molecule has 1 aliphatic carbocycles. The van der Waals surface area contributed by atoms with E-state index in [2.05, 4.69) is 150 Å². The van der Waals surface area contributed by atoms with Crippen LogP contribution < -0.4 is 0 Å². The number of aromatic nitrogens is 2. The van der Waals surface area contributed by atoms with Gasteiger partial charge in [-0.05, 0) is 88.3 Å². The van der Waals surface area contributed by atoms with Crippen molar-refractivity contribution in [1.29, 1.82) is 0 Å². The van der Waals surface area contributed by atoms with Crippen LogP contribution >= 0.6 is 0 Å². The topological polar surface area (TPSA) is 31.0 Å². The minimum absolute atomic E-state index is 0.910. The quantitative estimate of drug-likeness (QED) is 0.199. The number of furan rings is 1. The Hall–Kier alpha value is -6.45. The van der Waals surface area contributed by atoms with Crippen molar-refractivity contribution in [2.45, 2.75) is 0 Å². The van der Waals surface area contributed by atoms with Crippen molar-refractivity contribution in [3.8, 4) is 50.5 Å². The zero-order valence-corrected chi connectivity index (χ0v) is 25.8. The molecule has 0 spiro atoms. The molecule has 222 valence electrons. The fourth-order valence-corrected chi connectivity index (χ4v) is 7.93. The van der Waals surface area contributed by atoms with E-state index in [0.717, 1.165) is 44.6 Å². The summed E-state index contributed by atoms with van der Waals surface area (Å²) in [6.07, 6.45) is 0. The van der Waals surface area contributed by atoms with Crippen LogP contribution in [0.25, 0.3) is 105 Å². The Balaban J connectivity index is 1.14. The van der Waals surface area contributed by atoms with Crippen LogP contribution in [0.4, 0.5) is 0 Å². The molecule has 1 aliphatic rings. The van der Waals surface area contributed by atoms with E-state index in [1.54, 1.807) is 0 Å². The minimum Gasteiger partial charge on any atom is -0.456 e. The number of fused-ring (bicyclic) bond motifs is 9. The molecule has 3 heterocycles. The summed E-state index contributed by atoms with van der Waals surface area (Å²) in [5.74, 6) is 0. The van der Waals surface area contributed by atoms with Crippen LogP contribution in [0.1, 0.15) is 0 Å². The number of benzene rings is 7. The van der Waals surface area contributed by atoms with Crippen LogP contribution in [0, 0.1) is 0 Å². The van der Waals surface area contributed by atoms with Crippen molar-refractivity contribution < 1.29 is 4.42 Å². The predicted molar refractivity (Wildman–Crippen MR) is 199 cm³/mol. The highest BCUT2D eigenvalue weighted by atomic mass is 16.3. The molecule has 0 N–H and O–H groups in total. The normalized spacial score (nSPS) is 12.2. The molecule has 48 heavy (non-hydrogen) atoms. The van der Waals surface area contributed by atoms with Gasteiger partial charge in [0.1, 0.15) is 11.2 Å². The molecule has 0 unspecified atom stereocenters. The number of nitrogens with zero attached hydrogens (tertiary/aromatic N) is 2. The summed E-state index contributed by atoms with van der Waals surface area (Å²) in [5.41, 5.74) is 14.6. The van der Waals surface area contributed by atoms with E-state index >= 15 is 0 Å². The molecule has 0 saturated heterocycles. The van der Waals surface area contributed by atoms with Crippen molar-refractivity contribution in [3.63, 3.8) is 0 Å². The lowest BCUT2D eigenvalue weighted by Gasteiger charge is -2.09. The second-order valence-electron chi connectivity index (χ2n) is 12.7. The van der Waals surface area contributed by atoms with Gasteiger partial charge in [-0.15, -0.1) is 0 Å². The minimum atomic E-state index is 0.910. The van der Waals surface area contributed by atoms with E-state index in [9.17, 15) is 0 Å². The molecule has 0 aliphatic heterocycles. The standard InChI is InChI=1S/C45H26N2O/c1-2-10-31(11-3-1)47-40-20-17-27(28-19-22-43-38(24-28)33-13-6-7-16-42(33)48-43)23-36(40)37-25-29(18-21-41(37)47)39-26-30-9-8-15-34-32-12-4-5-14-35(32)45(46-39)44(30)34/h1-26H. The van der Waals surface area contributed by atoms with Crippen LogP contribution in [-0.2, 0) is 0 Å². The lowest BCUT2D eigenvalue weighted by molar-refractivity contribution is 0.669. The third-order valence-electron chi connectivity index (χ3n) is 10.1. The molecule has 7 aromatic carbocycles. The number of hydrogen-bond donors (Lipinski definition) is 0. The Morgan fingerprint density at radius 1 is 0.438 bits per heavy atom. The summed E-state index contributed by atoms with van der Waals surface area (Å²) in [5, 5.41) is 7.16. The highest BCUT2D eigenvalue weighted by Gasteiger charge is 2.23. The monoisotopic (exact) mass is 610 g/mol. The Labute approximate surface area is 275 Å². The fourth-order valence-electron chi connectivity index (χ4n) is 7.93. The summed E-state index contributed by atoms with van der Waals surface area (Å²) < 4.78 is 8.51. The largest absolute Gasteiger partial charge is 0.456 e. The Kier molecular flexibility index (Phi) is 5.11. The molecule has 0 radical (unpaired) electrons. The van der Waals surface area contributed by atoms with E-state index in [-0.39, 0.29) is 0 Å². The van der Waals surface area contributed by atoms with Gasteiger partial charge >= 0.3 is 0 Å². The Morgan fingerprint density at radius 3 is 1.94 bits per heavy atom. The molecule has 0 atom stereocenters. The van der Waals surface area contributed by atoms with Crippen molar-refractivity contribution in [3.05, 3.63) is 158 Å². The van der Waals surface area contributed by atoms with Crippen molar-refractivity contribution >= 4 is 54.5 Å². The average molecular weight is 611 g/mol. The van der Waals surface area contributed by atoms with Gasteiger partial charge in [0.25, 0.3) is 0 Å². The Morgan fingerprint density at radius 2 is 1.08 bits per heavy atom. The first-order valence-electron chi connectivity index (χ1n) is 16.4. The third-order valence-corrected chi connectivity index (χ3v) is 10.1. The molecule has 3 heteroatoms. The van der Waals surface area contributed by atoms with E-state index in [4.69, 9.17) is 9.40 Å². The maximum atomic E-state index is 6.14. The highest BCUT2D eigenvalue weighted by Crippen LogP contribution is 2.47. The second kappa shape index (κ2) is 9.54. The summed E-state index contributed by atoms with van der Waals surface area (Å²) in [6.45, 7) is 0. The van der Waals surface area contributed by atoms with Crippen LogP contribution in [0.2, 0.25) is 0 Å². The van der Waals surface area contributed by atoms with Gasteiger partial charge in [0, 0.05) is 43.7 Å². The first kappa shape index (κ1) is 25.7. The van der Waals surface area contributed by atoms with Gasteiger partial charge in [0.05, 0.1) is 22.4 Å². The maximum absolute atomic E-state index is 6.14. The third kappa shape index (κ3) is 3.56. The lowest BCUT2D eigenvalue weighted by Crippen LogP contribution is -1.93. The number of rotatable bonds is 3. The van der Waals surface area contributed by atoms with Gasteiger partial charge in [-0.3, -0.25) is 0 Å². The van der Waals surface area contributed by atoms with Crippen molar-refractivity contribution in [1.82, 2.24) is 9.55 Å². The molecule has 3 aromatic heterocycles. The van der Waals surface area contributed by atoms with E-state index in [1.165, 1.54) is 60.4 Å². The highest BCUT2D eigenvalue weighted by molar-refractivity contribution is 6.16. The SMILES string of the molecule is c1ccc(-n2c3ccc(-c4ccc5oc6ccccc6c5c4)cc3c3cc(-c4cc5cccc6c5c(n4)-c4ccccc4-6)ccc32)cc1. The predicted octanol–water partition coefficient (Wildman–Crippen LogP) is 12.2. The molecule has 10 aromatic rings. The molecule has 0 amide bonds. The number of para-hydroxylation sites is 2. The van der Waals surface area contributed by atoms with Gasteiger partial charge in [0.15, 0.2) is 0 Å². The summed E-state index contributed by atoms with van der Waals surface area (Å²) in [7, 11) is 0. The summed E-state index contributed by atoms with van der Waals surface area (Å²) in [6, 6.07) is 56.6. The van der Waals surface area contributed by atoms with Crippen LogP contribution in [0.15, 0.2) is 162 Å². The molecule has 0 bridgehead atoms. The average Bonchev–Trinajstić information content (AvgIpc) is 3.80. The number of hydrogen-bond acceptors (Lipinski definition) is 2. The summed E-state index contributed by atoms with van der Waals surface area (Å²) >= 11 is 0. The zero-order valence-electron chi connectivity index (χ0n) is 25.8. The van der Waals surface area contributed by atoms with Gasteiger partial charge < -0.3 is 8.98 Å². The maximum Gasteiger partial charge on any atom is 0.135 e. The first-order valence-corrected chi connectivity index (χ1v) is 16.4. The fraction of sp³-hybridized carbons (Fsp3) is 0. The first-order chi connectivity index (χ1) is 23.8. The molecular formula is C45H26N2O. The Bertz CT molecular complexity index is 2950. The van der Waals surface area contributed by atoms with E-state index in [0.29, 0.717) is 0 Å². The van der Waals surface area contributed by atoms with Crippen LogP contribution in [0.3, 0.4) is 0 Å². The second-order valence-corrected chi connectivity index (χ2v) is 12.7. The van der Waals surface area contributed by atoms with Crippen molar-refractivity contribution in [2.24, 2.45) is 0 Å². The smallest absolute Gasteiger partial charge is 0.135 e. The lowest BCUT2D eigenvalue weighted by atomic mass is 9.99. The van der Waals surface area contributed by atoms with Crippen LogP contribution in [0.5, 0.6) is 0 Å². The molecular weight excluding hydrogens is 585 g/mol. The van der Waals surface area contributed by atoms with Gasteiger partial charge in [-0.25, -0.2) is 4.98 Å².